The third kappa shape index (κ3) is 5.43. The minimum absolute atomic E-state index is 0.650. The Bertz CT molecular complexity index is 1090. The lowest BCUT2D eigenvalue weighted by molar-refractivity contribution is 0.444. The molecule has 35 heavy (non-hydrogen) atoms. The van der Waals surface area contributed by atoms with Crippen molar-refractivity contribution in [3.8, 4) is 0 Å². The zero-order chi connectivity index (χ0) is 24.8. The molecule has 6 nitrogen and oxygen atoms in total. The van der Waals surface area contributed by atoms with Crippen molar-refractivity contribution in [2.24, 2.45) is 5.84 Å². The van der Waals surface area contributed by atoms with Crippen LogP contribution >= 0.6 is 0 Å². The van der Waals surface area contributed by atoms with Crippen LogP contribution in [-0.4, -0.2) is 30.6 Å². The first-order valence-electron chi connectivity index (χ1n) is 13.1. The first-order valence-corrected chi connectivity index (χ1v) is 13.1. The molecule has 2 aliphatic rings. The topological polar surface area (TPSA) is 61.5 Å². The van der Waals surface area contributed by atoms with E-state index in [-0.39, 0.29) is 0 Å². The Balaban J connectivity index is 0.00000141. The van der Waals surface area contributed by atoms with Gasteiger partial charge in [0.15, 0.2) is 5.82 Å². The summed E-state index contributed by atoms with van der Waals surface area (Å²) in [6.45, 7) is 5.72. The monoisotopic (exact) mass is 472 g/mol. The first kappa shape index (κ1) is 25.0. The molecule has 5 rings (SSSR count). The molecule has 1 aliphatic heterocycles. The zero-order valence-electron chi connectivity index (χ0n) is 21.7. The van der Waals surface area contributed by atoms with Crippen LogP contribution in [0.1, 0.15) is 68.6 Å². The molecule has 1 fully saturated rings. The van der Waals surface area contributed by atoms with Crippen LogP contribution in [0.4, 0.5) is 23.0 Å². The molecular weight excluding hydrogens is 432 g/mol. The minimum atomic E-state index is 0.650. The van der Waals surface area contributed by atoms with Gasteiger partial charge in [-0.3, -0.25) is 5.01 Å². The second-order valence-electron chi connectivity index (χ2n) is 9.47. The molecule has 0 atom stereocenters. The van der Waals surface area contributed by atoms with Gasteiger partial charge in [-0.2, -0.15) is 0 Å². The van der Waals surface area contributed by atoms with Crippen molar-refractivity contribution in [3.63, 3.8) is 0 Å². The van der Waals surface area contributed by atoms with Crippen molar-refractivity contribution in [2.45, 2.75) is 64.8 Å². The molecule has 1 aliphatic carbocycles. The molecule has 2 N–H and O–H groups in total. The normalized spacial score (nSPS) is 15.6. The number of rotatable bonds is 5. The van der Waals surface area contributed by atoms with Crippen molar-refractivity contribution in [1.29, 1.82) is 0 Å². The van der Waals surface area contributed by atoms with E-state index in [1.807, 2.05) is 38.4 Å². The standard InChI is InChI=1S/C27H34N6.C2H6/c1-31(2)25-18-22(11-12-23(25)20-8-4-3-5-9-20)33(28)27-24-14-17-32(19-21(24)13-16-30-27)26-10-6-7-15-29-26;1-2/h6-7,10-13,15-16,18,20H,3-5,8-9,14,17,19,28H2,1-2H3;1-2H3. The average Bonchev–Trinajstić information content (AvgIpc) is 2.93. The van der Waals surface area contributed by atoms with Crippen LogP contribution in [-0.2, 0) is 13.0 Å². The summed E-state index contributed by atoms with van der Waals surface area (Å²) in [5.41, 5.74) is 6.19. The van der Waals surface area contributed by atoms with Gasteiger partial charge in [-0.05, 0) is 66.6 Å². The van der Waals surface area contributed by atoms with Gasteiger partial charge in [-0.15, -0.1) is 0 Å². The summed E-state index contributed by atoms with van der Waals surface area (Å²) in [7, 11) is 4.25. The highest BCUT2D eigenvalue weighted by Crippen LogP contribution is 2.40. The van der Waals surface area contributed by atoms with E-state index in [0.717, 1.165) is 36.8 Å². The number of benzene rings is 1. The second kappa shape index (κ2) is 11.5. The Hall–Kier alpha value is -3.12. The predicted molar refractivity (Wildman–Crippen MR) is 147 cm³/mol. The van der Waals surface area contributed by atoms with E-state index < -0.39 is 0 Å². The van der Waals surface area contributed by atoms with Gasteiger partial charge < -0.3 is 9.80 Å². The predicted octanol–water partition coefficient (Wildman–Crippen LogP) is 6.19. The minimum Gasteiger partial charge on any atom is -0.377 e. The van der Waals surface area contributed by atoms with Crippen LogP contribution < -0.4 is 20.7 Å². The van der Waals surface area contributed by atoms with E-state index in [1.54, 1.807) is 5.01 Å². The van der Waals surface area contributed by atoms with E-state index in [2.05, 4.69) is 59.2 Å². The fraction of sp³-hybridized carbons (Fsp3) is 0.448. The molecule has 2 aromatic heterocycles. The van der Waals surface area contributed by atoms with E-state index in [1.165, 1.54) is 54.5 Å². The number of hydrogen-bond acceptors (Lipinski definition) is 6. The maximum absolute atomic E-state index is 6.71. The maximum Gasteiger partial charge on any atom is 0.150 e. The van der Waals surface area contributed by atoms with Gasteiger partial charge in [-0.1, -0.05) is 45.2 Å². The van der Waals surface area contributed by atoms with Gasteiger partial charge in [0.05, 0.1) is 5.69 Å². The van der Waals surface area contributed by atoms with Crippen molar-refractivity contribution in [1.82, 2.24) is 9.97 Å². The smallest absolute Gasteiger partial charge is 0.150 e. The molecule has 0 radical (unpaired) electrons. The Morgan fingerprint density at radius 2 is 1.74 bits per heavy atom. The fourth-order valence-electron chi connectivity index (χ4n) is 5.37. The van der Waals surface area contributed by atoms with Gasteiger partial charge in [0, 0.05) is 50.8 Å². The summed E-state index contributed by atoms with van der Waals surface area (Å²) in [6.07, 6.45) is 11.2. The Morgan fingerprint density at radius 3 is 2.46 bits per heavy atom. The number of aromatic nitrogens is 2. The summed E-state index contributed by atoms with van der Waals surface area (Å²) in [4.78, 5) is 13.8. The summed E-state index contributed by atoms with van der Waals surface area (Å²) in [5.74, 6) is 9.22. The van der Waals surface area contributed by atoms with Crippen LogP contribution in [0, 0.1) is 0 Å². The Kier molecular flexibility index (Phi) is 8.24. The number of pyridine rings is 2. The molecule has 0 saturated heterocycles. The van der Waals surface area contributed by atoms with Gasteiger partial charge in [-0.25, -0.2) is 15.8 Å². The largest absolute Gasteiger partial charge is 0.377 e. The molecule has 1 saturated carbocycles. The molecule has 3 aromatic rings. The average molecular weight is 473 g/mol. The number of hydrogen-bond donors (Lipinski definition) is 1. The van der Waals surface area contributed by atoms with Crippen molar-refractivity contribution >= 4 is 23.0 Å². The lowest BCUT2D eigenvalue weighted by Crippen LogP contribution is -2.34. The number of hydrazine groups is 1. The number of fused-ring (bicyclic) bond motifs is 1. The van der Waals surface area contributed by atoms with Gasteiger partial charge in [0.25, 0.3) is 0 Å². The fourth-order valence-corrected chi connectivity index (χ4v) is 5.37. The number of nitrogens with zero attached hydrogens (tertiary/aromatic N) is 5. The lowest BCUT2D eigenvalue weighted by atomic mass is 9.83. The summed E-state index contributed by atoms with van der Waals surface area (Å²) in [5, 5.41) is 1.77. The van der Waals surface area contributed by atoms with E-state index in [9.17, 15) is 0 Å². The summed E-state index contributed by atoms with van der Waals surface area (Å²) < 4.78 is 0. The van der Waals surface area contributed by atoms with Crippen molar-refractivity contribution in [3.05, 3.63) is 71.5 Å². The van der Waals surface area contributed by atoms with Crippen molar-refractivity contribution in [2.75, 3.05) is 35.4 Å². The Morgan fingerprint density at radius 1 is 0.943 bits per heavy atom. The number of anilines is 4. The van der Waals surface area contributed by atoms with Crippen molar-refractivity contribution < 1.29 is 0 Å². The first-order chi connectivity index (χ1) is 17.1. The lowest BCUT2D eigenvalue weighted by Gasteiger charge is -2.32. The van der Waals surface area contributed by atoms with Gasteiger partial charge >= 0.3 is 0 Å². The van der Waals surface area contributed by atoms with Gasteiger partial charge in [0.2, 0.25) is 0 Å². The quantitative estimate of drug-likeness (QED) is 0.353. The molecule has 0 bridgehead atoms. The second-order valence-corrected chi connectivity index (χ2v) is 9.47. The molecule has 0 spiro atoms. The zero-order valence-corrected chi connectivity index (χ0v) is 21.7. The van der Waals surface area contributed by atoms with E-state index >= 15 is 0 Å². The highest BCUT2D eigenvalue weighted by atomic mass is 15.4. The van der Waals surface area contributed by atoms with E-state index in [0.29, 0.717) is 5.92 Å². The molecule has 6 heteroatoms. The van der Waals surface area contributed by atoms with Gasteiger partial charge in [0.1, 0.15) is 5.82 Å². The Labute approximate surface area is 210 Å². The van der Waals surface area contributed by atoms with Crippen LogP contribution in [0.25, 0.3) is 0 Å². The third-order valence-corrected chi connectivity index (χ3v) is 7.14. The van der Waals surface area contributed by atoms with Crippen LogP contribution in [0.5, 0.6) is 0 Å². The highest BCUT2D eigenvalue weighted by Gasteiger charge is 2.24. The molecule has 0 amide bonds. The summed E-state index contributed by atoms with van der Waals surface area (Å²) in [6, 6.07) is 14.9. The molecule has 186 valence electrons. The summed E-state index contributed by atoms with van der Waals surface area (Å²) >= 11 is 0. The third-order valence-electron chi connectivity index (χ3n) is 7.14. The van der Waals surface area contributed by atoms with Crippen LogP contribution in [0.2, 0.25) is 0 Å². The number of nitrogens with two attached hydrogens (primary N) is 1. The molecule has 0 unspecified atom stereocenters. The maximum atomic E-state index is 6.71. The SMILES string of the molecule is CC.CN(C)c1cc(N(N)c2nccc3c2CCN(c2ccccn2)C3)ccc1C1CCCCC1. The molecule has 3 heterocycles. The van der Waals surface area contributed by atoms with Crippen LogP contribution in [0.3, 0.4) is 0 Å². The molecular formula is C29H40N6. The van der Waals surface area contributed by atoms with Crippen LogP contribution in [0.15, 0.2) is 54.9 Å². The van der Waals surface area contributed by atoms with E-state index in [4.69, 9.17) is 10.8 Å². The highest BCUT2D eigenvalue weighted by molar-refractivity contribution is 5.70. The molecule has 1 aromatic carbocycles.